The maximum atomic E-state index is 13.1. The summed E-state index contributed by atoms with van der Waals surface area (Å²) in [6.45, 7) is 2.37. The van der Waals surface area contributed by atoms with E-state index in [1.807, 2.05) is 6.92 Å². The van der Waals surface area contributed by atoms with Gasteiger partial charge in [0, 0.05) is 12.6 Å². The van der Waals surface area contributed by atoms with Crippen molar-refractivity contribution in [1.29, 1.82) is 0 Å². The van der Waals surface area contributed by atoms with E-state index in [9.17, 15) is 4.39 Å². The molecule has 0 heterocycles. The third-order valence-corrected chi connectivity index (χ3v) is 3.16. The van der Waals surface area contributed by atoms with E-state index in [4.69, 9.17) is 0 Å². The summed E-state index contributed by atoms with van der Waals surface area (Å²) >= 11 is 0. The summed E-state index contributed by atoms with van der Waals surface area (Å²) < 4.78 is 13.1. The Labute approximate surface area is 90.7 Å². The summed E-state index contributed by atoms with van der Waals surface area (Å²) in [5, 5.41) is 3.31. The molecule has 1 aliphatic carbocycles. The van der Waals surface area contributed by atoms with Crippen LogP contribution in [0.5, 0.6) is 0 Å². The molecule has 1 aromatic rings. The molecule has 0 bridgehead atoms. The van der Waals surface area contributed by atoms with Crippen LogP contribution in [0.2, 0.25) is 0 Å². The molecule has 0 saturated heterocycles. The Kier molecular flexibility index (Phi) is 3.37. The van der Waals surface area contributed by atoms with Crippen molar-refractivity contribution in [2.75, 3.05) is 6.54 Å². The van der Waals surface area contributed by atoms with Gasteiger partial charge in [0.25, 0.3) is 0 Å². The molecule has 0 radical (unpaired) electrons. The van der Waals surface area contributed by atoms with Crippen molar-refractivity contribution in [2.45, 2.75) is 38.4 Å². The van der Waals surface area contributed by atoms with Crippen molar-refractivity contribution in [3.8, 4) is 0 Å². The molecule has 0 aliphatic heterocycles. The van der Waals surface area contributed by atoms with E-state index in [2.05, 4.69) is 29.6 Å². The average molecular weight is 207 g/mol. The van der Waals surface area contributed by atoms with Crippen LogP contribution in [0.15, 0.2) is 24.3 Å². The number of alkyl halides is 1. The maximum Gasteiger partial charge on any atom is 0.112 e. The number of rotatable bonds is 4. The van der Waals surface area contributed by atoms with Gasteiger partial charge in [-0.2, -0.15) is 0 Å². The molecule has 2 heteroatoms. The number of nitrogens with one attached hydrogen (secondary N) is 1. The van der Waals surface area contributed by atoms with Crippen LogP contribution < -0.4 is 5.32 Å². The van der Waals surface area contributed by atoms with E-state index in [0.717, 1.165) is 12.8 Å². The fraction of sp³-hybridized carbons (Fsp3) is 0.538. The molecule has 0 spiro atoms. The van der Waals surface area contributed by atoms with Crippen LogP contribution in [-0.4, -0.2) is 12.7 Å². The lowest BCUT2D eigenvalue weighted by Gasteiger charge is -2.15. The van der Waals surface area contributed by atoms with E-state index < -0.39 is 6.17 Å². The summed E-state index contributed by atoms with van der Waals surface area (Å²) in [6, 6.07) is 8.82. The first-order chi connectivity index (χ1) is 7.31. The van der Waals surface area contributed by atoms with Gasteiger partial charge in [0.1, 0.15) is 6.17 Å². The van der Waals surface area contributed by atoms with Crippen LogP contribution in [0.3, 0.4) is 0 Å². The van der Waals surface area contributed by atoms with Crippen LogP contribution in [0.4, 0.5) is 4.39 Å². The zero-order valence-corrected chi connectivity index (χ0v) is 9.17. The fourth-order valence-electron chi connectivity index (χ4n) is 2.18. The van der Waals surface area contributed by atoms with Crippen LogP contribution >= 0.6 is 0 Å². The topological polar surface area (TPSA) is 12.0 Å². The first-order valence-electron chi connectivity index (χ1n) is 5.76. The van der Waals surface area contributed by atoms with Crippen molar-refractivity contribution in [1.82, 2.24) is 5.32 Å². The molecule has 82 valence electrons. The molecular formula is C13H18FN. The Morgan fingerprint density at radius 2 is 2.27 bits per heavy atom. The third-order valence-electron chi connectivity index (χ3n) is 3.16. The summed E-state index contributed by atoms with van der Waals surface area (Å²) in [5.74, 6) is 0. The summed E-state index contributed by atoms with van der Waals surface area (Å²) in [4.78, 5) is 0. The minimum atomic E-state index is -0.710. The number of hydrogen-bond donors (Lipinski definition) is 1. The highest BCUT2D eigenvalue weighted by Crippen LogP contribution is 2.30. The van der Waals surface area contributed by atoms with E-state index in [0.29, 0.717) is 19.0 Å². The second kappa shape index (κ2) is 4.75. The Morgan fingerprint density at radius 1 is 1.47 bits per heavy atom. The quantitative estimate of drug-likeness (QED) is 0.800. The van der Waals surface area contributed by atoms with E-state index in [1.165, 1.54) is 11.1 Å². The first-order valence-corrected chi connectivity index (χ1v) is 5.76. The number of fused-ring (bicyclic) bond motifs is 1. The summed E-state index contributed by atoms with van der Waals surface area (Å²) in [7, 11) is 0. The maximum absolute atomic E-state index is 13.1. The van der Waals surface area contributed by atoms with Gasteiger partial charge in [-0.25, -0.2) is 4.39 Å². The monoisotopic (exact) mass is 207 g/mol. The third kappa shape index (κ3) is 2.37. The van der Waals surface area contributed by atoms with Crippen LogP contribution in [0.1, 0.15) is 36.9 Å². The molecule has 0 amide bonds. The minimum Gasteiger partial charge on any atom is -0.307 e. The van der Waals surface area contributed by atoms with Crippen molar-refractivity contribution in [2.24, 2.45) is 0 Å². The second-order valence-electron chi connectivity index (χ2n) is 4.20. The van der Waals surface area contributed by atoms with Gasteiger partial charge >= 0.3 is 0 Å². The summed E-state index contributed by atoms with van der Waals surface area (Å²) in [6.07, 6.45) is 2.12. The predicted molar refractivity (Wildman–Crippen MR) is 60.7 cm³/mol. The molecule has 1 nitrogen and oxygen atoms in total. The molecule has 1 N–H and O–H groups in total. The second-order valence-corrected chi connectivity index (χ2v) is 4.20. The van der Waals surface area contributed by atoms with E-state index >= 15 is 0 Å². The highest BCUT2D eigenvalue weighted by molar-refractivity contribution is 5.34. The van der Waals surface area contributed by atoms with Crippen molar-refractivity contribution >= 4 is 0 Å². The zero-order chi connectivity index (χ0) is 10.7. The lowest BCUT2D eigenvalue weighted by molar-refractivity contribution is 0.298. The van der Waals surface area contributed by atoms with E-state index in [-0.39, 0.29) is 0 Å². The number of benzene rings is 1. The Bertz CT molecular complexity index is 324. The normalized spacial score (nSPS) is 21.3. The van der Waals surface area contributed by atoms with Crippen LogP contribution in [0.25, 0.3) is 0 Å². The standard InChI is InChI=1S/C13H18FN/c1-2-11(14)9-15-13-8-7-10-5-3-4-6-12(10)13/h3-6,11,13,15H,2,7-9H2,1H3/t11-,13+/m1/s1. The molecule has 0 saturated carbocycles. The number of halogens is 1. The molecule has 0 fully saturated rings. The van der Waals surface area contributed by atoms with Gasteiger partial charge < -0.3 is 5.32 Å². The largest absolute Gasteiger partial charge is 0.307 e. The van der Waals surface area contributed by atoms with Crippen molar-refractivity contribution in [3.63, 3.8) is 0 Å². The Balaban J connectivity index is 1.96. The van der Waals surface area contributed by atoms with Gasteiger partial charge in [-0.15, -0.1) is 0 Å². The fourth-order valence-corrected chi connectivity index (χ4v) is 2.18. The molecule has 15 heavy (non-hydrogen) atoms. The molecule has 1 aromatic carbocycles. The van der Waals surface area contributed by atoms with Crippen molar-refractivity contribution < 1.29 is 4.39 Å². The molecule has 0 unspecified atom stereocenters. The highest BCUT2D eigenvalue weighted by Gasteiger charge is 2.21. The Hall–Kier alpha value is -0.890. The zero-order valence-electron chi connectivity index (χ0n) is 9.17. The van der Waals surface area contributed by atoms with Gasteiger partial charge in [-0.3, -0.25) is 0 Å². The minimum absolute atomic E-state index is 0.367. The molecule has 2 rings (SSSR count). The molecular weight excluding hydrogens is 189 g/mol. The van der Waals surface area contributed by atoms with Gasteiger partial charge in [0.2, 0.25) is 0 Å². The molecule has 2 atom stereocenters. The highest BCUT2D eigenvalue weighted by atomic mass is 19.1. The SMILES string of the molecule is CC[C@@H](F)CN[C@H]1CCc2ccccc21. The smallest absolute Gasteiger partial charge is 0.112 e. The van der Waals surface area contributed by atoms with Gasteiger partial charge in [-0.1, -0.05) is 31.2 Å². The predicted octanol–water partition coefficient (Wildman–Crippen LogP) is 3.01. The number of hydrogen-bond acceptors (Lipinski definition) is 1. The summed E-state index contributed by atoms with van der Waals surface area (Å²) in [5.41, 5.74) is 2.78. The lowest BCUT2D eigenvalue weighted by atomic mass is 10.1. The van der Waals surface area contributed by atoms with E-state index in [1.54, 1.807) is 0 Å². The number of aryl methyl sites for hydroxylation is 1. The van der Waals surface area contributed by atoms with Gasteiger partial charge in [0.05, 0.1) is 0 Å². The van der Waals surface area contributed by atoms with Gasteiger partial charge in [-0.05, 0) is 30.4 Å². The Morgan fingerprint density at radius 3 is 3.07 bits per heavy atom. The van der Waals surface area contributed by atoms with Gasteiger partial charge in [0.15, 0.2) is 0 Å². The lowest BCUT2D eigenvalue weighted by Crippen LogP contribution is -2.26. The first kappa shape index (κ1) is 10.6. The average Bonchev–Trinajstić information content (AvgIpc) is 2.69. The molecule has 1 aliphatic rings. The van der Waals surface area contributed by atoms with Crippen LogP contribution in [-0.2, 0) is 6.42 Å². The molecule has 0 aromatic heterocycles. The van der Waals surface area contributed by atoms with Crippen LogP contribution in [0, 0.1) is 0 Å². The van der Waals surface area contributed by atoms with Crippen molar-refractivity contribution in [3.05, 3.63) is 35.4 Å².